The van der Waals surface area contributed by atoms with E-state index in [0.29, 0.717) is 23.9 Å². The molecule has 9 heteroatoms. The van der Waals surface area contributed by atoms with Crippen molar-refractivity contribution in [2.75, 3.05) is 18.4 Å². The van der Waals surface area contributed by atoms with Crippen molar-refractivity contribution in [2.45, 2.75) is 48.4 Å². The van der Waals surface area contributed by atoms with Crippen LogP contribution < -0.4 is 5.32 Å². The number of aryl methyl sites for hydroxylation is 1. The maximum Gasteiger partial charge on any atom is 0.243 e. The number of H-pyrrole nitrogens is 1. The maximum atomic E-state index is 12.8. The van der Waals surface area contributed by atoms with Crippen LogP contribution in [0.4, 0.5) is 5.69 Å². The van der Waals surface area contributed by atoms with Crippen molar-refractivity contribution in [1.82, 2.24) is 14.3 Å². The van der Waals surface area contributed by atoms with Crippen LogP contribution in [-0.4, -0.2) is 46.9 Å². The monoisotopic (exact) mass is 458 g/mol. The quantitative estimate of drug-likeness (QED) is 0.541. The van der Waals surface area contributed by atoms with E-state index in [9.17, 15) is 13.2 Å². The van der Waals surface area contributed by atoms with Gasteiger partial charge in [-0.1, -0.05) is 24.2 Å². The second kappa shape index (κ2) is 9.02. The van der Waals surface area contributed by atoms with Gasteiger partial charge in [-0.3, -0.25) is 4.79 Å². The van der Waals surface area contributed by atoms with Gasteiger partial charge in [-0.15, -0.1) is 0 Å². The van der Waals surface area contributed by atoms with Gasteiger partial charge in [-0.25, -0.2) is 13.4 Å². The van der Waals surface area contributed by atoms with E-state index >= 15 is 0 Å². The van der Waals surface area contributed by atoms with Crippen LogP contribution in [0.5, 0.6) is 0 Å². The first-order valence-corrected chi connectivity index (χ1v) is 12.7. The summed E-state index contributed by atoms with van der Waals surface area (Å²) in [5.41, 5.74) is 3.52. The van der Waals surface area contributed by atoms with E-state index in [1.54, 1.807) is 24.3 Å². The van der Waals surface area contributed by atoms with Gasteiger partial charge in [0.2, 0.25) is 15.9 Å². The number of fused-ring (bicyclic) bond motifs is 1. The van der Waals surface area contributed by atoms with Crippen LogP contribution in [0.15, 0.2) is 52.5 Å². The van der Waals surface area contributed by atoms with Gasteiger partial charge in [0.15, 0.2) is 5.16 Å². The Labute approximate surface area is 186 Å². The van der Waals surface area contributed by atoms with Crippen LogP contribution in [0.2, 0.25) is 0 Å². The molecule has 1 unspecified atom stereocenters. The molecule has 7 nitrogen and oxygen atoms in total. The first-order chi connectivity index (χ1) is 14.8. The zero-order chi connectivity index (χ0) is 22.0. The summed E-state index contributed by atoms with van der Waals surface area (Å²) in [7, 11) is -3.48. The third-order valence-corrected chi connectivity index (χ3v) is 8.25. The van der Waals surface area contributed by atoms with Crippen molar-refractivity contribution < 1.29 is 13.2 Å². The Bertz CT molecular complexity index is 1180. The zero-order valence-electron chi connectivity index (χ0n) is 17.6. The molecule has 1 aliphatic heterocycles. The molecule has 1 aliphatic rings. The van der Waals surface area contributed by atoms with E-state index in [4.69, 9.17) is 0 Å². The number of thioether (sulfide) groups is 1. The number of rotatable bonds is 6. The average molecular weight is 459 g/mol. The highest BCUT2D eigenvalue weighted by atomic mass is 32.2. The van der Waals surface area contributed by atoms with E-state index in [0.717, 1.165) is 35.9 Å². The number of piperidine rings is 1. The van der Waals surface area contributed by atoms with Gasteiger partial charge in [0.05, 0.1) is 21.2 Å². The highest BCUT2D eigenvalue weighted by molar-refractivity contribution is 8.00. The number of nitrogens with zero attached hydrogens (tertiary/aromatic N) is 2. The zero-order valence-corrected chi connectivity index (χ0v) is 19.2. The molecule has 0 spiro atoms. The fraction of sp³-hybridized carbons (Fsp3) is 0.364. The molecule has 4 rings (SSSR count). The molecule has 1 amide bonds. The SMILES string of the molecule is Cc1ccc2nc(SC(C)C(=O)Nc3ccc(S(=O)(=O)N4CCCCC4)cc3)[nH]c2c1. The molecule has 0 aliphatic carbocycles. The predicted octanol–water partition coefficient (Wildman–Crippen LogP) is 4.17. The molecular weight excluding hydrogens is 432 g/mol. The lowest BCUT2D eigenvalue weighted by molar-refractivity contribution is -0.115. The molecule has 0 bridgehead atoms. The number of nitrogens with one attached hydrogen (secondary N) is 2. The Hall–Kier alpha value is -2.36. The molecule has 3 aromatic rings. The van der Waals surface area contributed by atoms with Gasteiger partial charge in [0.1, 0.15) is 0 Å². The molecule has 0 saturated carbocycles. The summed E-state index contributed by atoms with van der Waals surface area (Å²) in [6.07, 6.45) is 2.86. The van der Waals surface area contributed by atoms with Crippen LogP contribution in [0.25, 0.3) is 11.0 Å². The predicted molar refractivity (Wildman–Crippen MR) is 124 cm³/mol. The van der Waals surface area contributed by atoms with Crippen molar-refractivity contribution in [3.8, 4) is 0 Å². The second-order valence-corrected chi connectivity index (χ2v) is 11.1. The summed E-state index contributed by atoms with van der Waals surface area (Å²) >= 11 is 1.35. The van der Waals surface area contributed by atoms with Crippen molar-refractivity contribution in [2.24, 2.45) is 0 Å². The summed E-state index contributed by atoms with van der Waals surface area (Å²) in [6, 6.07) is 12.4. The van der Waals surface area contributed by atoms with Gasteiger partial charge in [0.25, 0.3) is 0 Å². The van der Waals surface area contributed by atoms with Gasteiger partial charge in [0, 0.05) is 18.8 Å². The molecule has 164 valence electrons. The molecule has 1 aromatic heterocycles. The number of amides is 1. The van der Waals surface area contributed by atoms with Crippen molar-refractivity contribution in [3.63, 3.8) is 0 Å². The number of imidazole rings is 1. The topological polar surface area (TPSA) is 95.2 Å². The number of aromatic amines is 1. The molecule has 31 heavy (non-hydrogen) atoms. The molecule has 2 aromatic carbocycles. The van der Waals surface area contributed by atoms with Crippen molar-refractivity contribution in [3.05, 3.63) is 48.0 Å². The second-order valence-electron chi connectivity index (χ2n) is 7.80. The number of benzene rings is 2. The van der Waals surface area contributed by atoms with Gasteiger partial charge < -0.3 is 10.3 Å². The fourth-order valence-electron chi connectivity index (χ4n) is 3.59. The lowest BCUT2D eigenvalue weighted by Gasteiger charge is -2.25. The minimum Gasteiger partial charge on any atom is -0.333 e. The normalized spacial score (nSPS) is 16.3. The third-order valence-electron chi connectivity index (χ3n) is 5.35. The Kier molecular flexibility index (Phi) is 6.36. The van der Waals surface area contributed by atoms with Gasteiger partial charge in [-0.05, 0) is 68.7 Å². The van der Waals surface area contributed by atoms with E-state index in [-0.39, 0.29) is 16.1 Å². The summed E-state index contributed by atoms with van der Waals surface area (Å²) in [5.74, 6) is -0.173. The average Bonchev–Trinajstić information content (AvgIpc) is 3.16. The smallest absolute Gasteiger partial charge is 0.243 e. The van der Waals surface area contributed by atoms with Crippen LogP contribution in [0.3, 0.4) is 0 Å². The highest BCUT2D eigenvalue weighted by Gasteiger charge is 2.26. The standard InChI is InChI=1S/C22H26N4O3S2/c1-15-6-11-19-20(14-15)25-22(24-19)30-16(2)21(27)23-17-7-9-18(10-8-17)31(28,29)26-12-4-3-5-13-26/h6-11,14,16H,3-5,12-13H2,1-2H3,(H,23,27)(H,24,25). The van der Waals surface area contributed by atoms with Crippen LogP contribution in [0.1, 0.15) is 31.7 Å². The molecule has 0 radical (unpaired) electrons. The van der Waals surface area contributed by atoms with Crippen molar-refractivity contribution in [1.29, 1.82) is 0 Å². The van der Waals surface area contributed by atoms with E-state index in [2.05, 4.69) is 15.3 Å². The lowest BCUT2D eigenvalue weighted by atomic mass is 10.2. The Morgan fingerprint density at radius 1 is 1.13 bits per heavy atom. The molecule has 2 N–H and O–H groups in total. The number of hydrogen-bond acceptors (Lipinski definition) is 5. The highest BCUT2D eigenvalue weighted by Crippen LogP contribution is 2.26. The first-order valence-electron chi connectivity index (χ1n) is 10.4. The number of hydrogen-bond donors (Lipinski definition) is 2. The fourth-order valence-corrected chi connectivity index (χ4v) is 5.92. The maximum absolute atomic E-state index is 12.8. The molecule has 1 saturated heterocycles. The van der Waals surface area contributed by atoms with Gasteiger partial charge in [-0.2, -0.15) is 4.31 Å². The number of sulfonamides is 1. The first kappa shape index (κ1) is 21.9. The number of aromatic nitrogens is 2. The summed E-state index contributed by atoms with van der Waals surface area (Å²) < 4.78 is 27.0. The van der Waals surface area contributed by atoms with Crippen LogP contribution in [-0.2, 0) is 14.8 Å². The van der Waals surface area contributed by atoms with Gasteiger partial charge >= 0.3 is 0 Å². The molecule has 1 fully saturated rings. The van der Waals surface area contributed by atoms with E-state index < -0.39 is 10.0 Å². The number of anilines is 1. The van der Waals surface area contributed by atoms with E-state index in [1.165, 1.54) is 16.1 Å². The minimum atomic E-state index is -3.48. The largest absolute Gasteiger partial charge is 0.333 e. The molecule has 2 heterocycles. The molecule has 1 atom stereocenters. The van der Waals surface area contributed by atoms with E-state index in [1.807, 2.05) is 32.0 Å². The third kappa shape index (κ3) is 4.94. The number of carbonyl (C=O) groups excluding carboxylic acids is 1. The summed E-state index contributed by atoms with van der Waals surface area (Å²) in [5, 5.41) is 3.16. The number of carbonyl (C=O) groups is 1. The Balaban J connectivity index is 1.39. The lowest BCUT2D eigenvalue weighted by Crippen LogP contribution is -2.35. The van der Waals surface area contributed by atoms with Crippen LogP contribution in [0, 0.1) is 6.92 Å². The Morgan fingerprint density at radius 2 is 1.84 bits per heavy atom. The molecular formula is C22H26N4O3S2. The Morgan fingerprint density at radius 3 is 2.55 bits per heavy atom. The van der Waals surface area contributed by atoms with Crippen molar-refractivity contribution >= 4 is 44.4 Å². The minimum absolute atomic E-state index is 0.173. The van der Waals surface area contributed by atoms with Crippen LogP contribution >= 0.6 is 11.8 Å². The summed E-state index contributed by atoms with van der Waals surface area (Å²) in [4.78, 5) is 20.6. The summed E-state index contributed by atoms with van der Waals surface area (Å²) in [6.45, 7) is 4.97.